The standard InChI is InChI=1S/C20H27N5O/c1-2-4-18(5-3-1)24-8-6-17(7-9-24)15-21-19-14-20(23-16-22-19)25-10-12-26-13-11-25/h1-5,14,16-17H,6-13,15H2,(H,21,22,23). The second-order valence-electron chi connectivity index (χ2n) is 7.01. The minimum absolute atomic E-state index is 0.691. The van der Waals surface area contributed by atoms with Crippen molar-refractivity contribution in [2.45, 2.75) is 12.8 Å². The third-order valence-corrected chi connectivity index (χ3v) is 5.30. The highest BCUT2D eigenvalue weighted by Gasteiger charge is 2.19. The molecule has 0 aliphatic carbocycles. The second kappa shape index (κ2) is 8.36. The van der Waals surface area contributed by atoms with E-state index in [9.17, 15) is 0 Å². The summed E-state index contributed by atoms with van der Waals surface area (Å²) in [5, 5.41) is 3.52. The van der Waals surface area contributed by atoms with Crippen molar-refractivity contribution in [3.8, 4) is 0 Å². The van der Waals surface area contributed by atoms with E-state index >= 15 is 0 Å². The monoisotopic (exact) mass is 353 g/mol. The lowest BCUT2D eigenvalue weighted by Crippen LogP contribution is -2.37. The smallest absolute Gasteiger partial charge is 0.134 e. The van der Waals surface area contributed by atoms with E-state index < -0.39 is 0 Å². The normalized spacial score (nSPS) is 18.8. The van der Waals surface area contributed by atoms with Crippen LogP contribution in [0.5, 0.6) is 0 Å². The van der Waals surface area contributed by atoms with Gasteiger partial charge in [-0.1, -0.05) is 18.2 Å². The number of piperidine rings is 1. The number of nitrogens with zero attached hydrogens (tertiary/aromatic N) is 4. The van der Waals surface area contributed by atoms with E-state index in [0.717, 1.165) is 57.6 Å². The van der Waals surface area contributed by atoms with Crippen molar-refractivity contribution in [1.29, 1.82) is 0 Å². The molecular weight excluding hydrogens is 326 g/mol. The van der Waals surface area contributed by atoms with Crippen LogP contribution >= 0.6 is 0 Å². The van der Waals surface area contributed by atoms with Gasteiger partial charge in [-0.3, -0.25) is 0 Å². The fraction of sp³-hybridized carbons (Fsp3) is 0.500. The third kappa shape index (κ3) is 4.25. The molecule has 2 fully saturated rings. The van der Waals surface area contributed by atoms with Crippen LogP contribution < -0.4 is 15.1 Å². The van der Waals surface area contributed by atoms with Crippen molar-refractivity contribution in [1.82, 2.24) is 9.97 Å². The fourth-order valence-electron chi connectivity index (χ4n) is 3.69. The topological polar surface area (TPSA) is 53.5 Å². The molecule has 0 spiro atoms. The van der Waals surface area contributed by atoms with Gasteiger partial charge in [0.1, 0.15) is 18.0 Å². The van der Waals surface area contributed by atoms with Crippen LogP contribution in [0.25, 0.3) is 0 Å². The first-order valence-electron chi connectivity index (χ1n) is 9.57. The maximum atomic E-state index is 5.41. The van der Waals surface area contributed by atoms with Crippen molar-refractivity contribution in [3.63, 3.8) is 0 Å². The molecule has 2 aliphatic heterocycles. The molecule has 2 saturated heterocycles. The maximum absolute atomic E-state index is 5.41. The molecule has 6 nitrogen and oxygen atoms in total. The molecule has 0 bridgehead atoms. The summed E-state index contributed by atoms with van der Waals surface area (Å²) in [5.41, 5.74) is 1.34. The number of rotatable bonds is 5. The first-order valence-corrected chi connectivity index (χ1v) is 9.57. The Morgan fingerprint density at radius 3 is 2.50 bits per heavy atom. The summed E-state index contributed by atoms with van der Waals surface area (Å²) in [6, 6.07) is 12.8. The van der Waals surface area contributed by atoms with Crippen LogP contribution in [0.15, 0.2) is 42.7 Å². The molecule has 138 valence electrons. The molecule has 4 rings (SSSR count). The van der Waals surface area contributed by atoms with Gasteiger partial charge in [-0.15, -0.1) is 0 Å². The molecule has 1 N–H and O–H groups in total. The number of ether oxygens (including phenoxy) is 1. The van der Waals surface area contributed by atoms with E-state index in [1.54, 1.807) is 6.33 Å². The van der Waals surface area contributed by atoms with E-state index in [-0.39, 0.29) is 0 Å². The predicted octanol–water partition coefficient (Wildman–Crippen LogP) is 2.64. The van der Waals surface area contributed by atoms with Crippen molar-refractivity contribution in [2.75, 3.05) is 61.1 Å². The highest BCUT2D eigenvalue weighted by atomic mass is 16.5. The Morgan fingerprint density at radius 1 is 0.962 bits per heavy atom. The Kier molecular flexibility index (Phi) is 5.50. The summed E-state index contributed by atoms with van der Waals surface area (Å²) in [6.07, 6.45) is 4.08. The minimum atomic E-state index is 0.691. The van der Waals surface area contributed by atoms with Crippen molar-refractivity contribution >= 4 is 17.3 Å². The van der Waals surface area contributed by atoms with Crippen LogP contribution in [0, 0.1) is 5.92 Å². The van der Waals surface area contributed by atoms with Gasteiger partial charge < -0.3 is 19.9 Å². The minimum Gasteiger partial charge on any atom is -0.378 e. The van der Waals surface area contributed by atoms with Gasteiger partial charge in [0.2, 0.25) is 0 Å². The van der Waals surface area contributed by atoms with Gasteiger partial charge in [0.05, 0.1) is 13.2 Å². The lowest BCUT2D eigenvalue weighted by atomic mass is 9.96. The summed E-state index contributed by atoms with van der Waals surface area (Å²) in [4.78, 5) is 13.5. The first-order chi connectivity index (χ1) is 12.9. The number of morpholine rings is 1. The molecule has 2 aliphatic rings. The van der Waals surface area contributed by atoms with Gasteiger partial charge >= 0.3 is 0 Å². The van der Waals surface area contributed by atoms with Crippen LogP contribution in [-0.2, 0) is 4.74 Å². The number of anilines is 3. The van der Waals surface area contributed by atoms with Gasteiger partial charge in [0.25, 0.3) is 0 Å². The average Bonchev–Trinajstić information content (AvgIpc) is 2.74. The quantitative estimate of drug-likeness (QED) is 0.892. The largest absolute Gasteiger partial charge is 0.378 e. The van der Waals surface area contributed by atoms with Crippen molar-refractivity contribution in [3.05, 3.63) is 42.7 Å². The summed E-state index contributed by atoms with van der Waals surface area (Å²) in [7, 11) is 0. The molecule has 0 atom stereocenters. The van der Waals surface area contributed by atoms with E-state index in [1.807, 2.05) is 0 Å². The Balaban J connectivity index is 1.27. The molecule has 1 aromatic heterocycles. The SMILES string of the molecule is c1ccc(N2CCC(CNc3cc(N4CCOCC4)ncn3)CC2)cc1. The van der Waals surface area contributed by atoms with Gasteiger partial charge in [-0.25, -0.2) is 9.97 Å². The Morgan fingerprint density at radius 2 is 1.73 bits per heavy atom. The zero-order valence-corrected chi connectivity index (χ0v) is 15.2. The molecule has 2 aromatic rings. The average molecular weight is 353 g/mol. The number of benzene rings is 1. The summed E-state index contributed by atoms with van der Waals surface area (Å²) in [5.74, 6) is 2.61. The number of hydrogen-bond acceptors (Lipinski definition) is 6. The highest BCUT2D eigenvalue weighted by Crippen LogP contribution is 2.23. The zero-order chi connectivity index (χ0) is 17.6. The molecule has 1 aromatic carbocycles. The molecule has 26 heavy (non-hydrogen) atoms. The Bertz CT molecular complexity index is 682. The molecule has 0 amide bonds. The van der Waals surface area contributed by atoms with E-state index in [4.69, 9.17) is 4.74 Å². The van der Waals surface area contributed by atoms with Gasteiger partial charge in [0.15, 0.2) is 0 Å². The van der Waals surface area contributed by atoms with Crippen molar-refractivity contribution < 1.29 is 4.74 Å². The lowest BCUT2D eigenvalue weighted by Gasteiger charge is -2.33. The third-order valence-electron chi connectivity index (χ3n) is 5.30. The molecular formula is C20H27N5O. The lowest BCUT2D eigenvalue weighted by molar-refractivity contribution is 0.122. The summed E-state index contributed by atoms with van der Waals surface area (Å²) < 4.78 is 5.41. The zero-order valence-electron chi connectivity index (χ0n) is 15.2. The van der Waals surface area contributed by atoms with E-state index in [1.165, 1.54) is 18.5 Å². The second-order valence-corrected chi connectivity index (χ2v) is 7.01. The summed E-state index contributed by atoms with van der Waals surface area (Å²) in [6.45, 7) is 6.56. The highest BCUT2D eigenvalue weighted by molar-refractivity contribution is 5.49. The number of nitrogens with one attached hydrogen (secondary N) is 1. The predicted molar refractivity (Wildman–Crippen MR) is 105 cm³/mol. The molecule has 3 heterocycles. The van der Waals surface area contributed by atoms with Gasteiger partial charge in [0, 0.05) is 44.5 Å². The van der Waals surface area contributed by atoms with Crippen LogP contribution in [-0.4, -0.2) is 55.9 Å². The first kappa shape index (κ1) is 17.1. The van der Waals surface area contributed by atoms with Gasteiger partial charge in [-0.2, -0.15) is 0 Å². The Hall–Kier alpha value is -2.34. The molecule has 0 saturated carbocycles. The van der Waals surface area contributed by atoms with Crippen molar-refractivity contribution in [2.24, 2.45) is 5.92 Å². The number of para-hydroxylation sites is 1. The van der Waals surface area contributed by atoms with E-state index in [0.29, 0.717) is 5.92 Å². The van der Waals surface area contributed by atoms with Crippen LogP contribution in [0.3, 0.4) is 0 Å². The fourth-order valence-corrected chi connectivity index (χ4v) is 3.69. The van der Waals surface area contributed by atoms with Crippen LogP contribution in [0.1, 0.15) is 12.8 Å². The number of hydrogen-bond donors (Lipinski definition) is 1. The number of aromatic nitrogens is 2. The molecule has 0 radical (unpaired) electrons. The summed E-state index contributed by atoms with van der Waals surface area (Å²) >= 11 is 0. The van der Waals surface area contributed by atoms with Crippen LogP contribution in [0.4, 0.5) is 17.3 Å². The van der Waals surface area contributed by atoms with Crippen LogP contribution in [0.2, 0.25) is 0 Å². The van der Waals surface area contributed by atoms with Gasteiger partial charge in [-0.05, 0) is 30.9 Å². The molecule has 6 heteroatoms. The molecule has 0 unspecified atom stereocenters. The maximum Gasteiger partial charge on any atom is 0.134 e. The Labute approximate surface area is 155 Å². The van der Waals surface area contributed by atoms with E-state index in [2.05, 4.69) is 61.5 Å².